The predicted octanol–water partition coefficient (Wildman–Crippen LogP) is 4.17. The highest BCUT2D eigenvalue weighted by atomic mass is 32.2. The first kappa shape index (κ1) is 11.6. The van der Waals surface area contributed by atoms with Gasteiger partial charge < -0.3 is 0 Å². The maximum Gasteiger partial charge on any atom is 0.00976 e. The van der Waals surface area contributed by atoms with E-state index >= 15 is 0 Å². The number of thioether (sulfide) groups is 1. The fourth-order valence-electron chi connectivity index (χ4n) is 1.03. The molecule has 0 radical (unpaired) electrons. The lowest BCUT2D eigenvalue weighted by Crippen LogP contribution is -1.80. The molecule has 0 amide bonds. The minimum atomic E-state index is 1.10. The smallest absolute Gasteiger partial charge is 0.00976 e. The van der Waals surface area contributed by atoms with E-state index in [1.807, 2.05) is 11.8 Å². The van der Waals surface area contributed by atoms with Crippen LogP contribution in [0, 0.1) is 0 Å². The molecule has 0 nitrogen and oxygen atoms in total. The Balaban J connectivity index is 4.73. The van der Waals surface area contributed by atoms with Gasteiger partial charge in [0.15, 0.2) is 0 Å². The summed E-state index contributed by atoms with van der Waals surface area (Å²) in [6, 6.07) is 0. The van der Waals surface area contributed by atoms with Gasteiger partial charge in [-0.15, -0.1) is 11.8 Å². The van der Waals surface area contributed by atoms with Crippen molar-refractivity contribution in [1.82, 2.24) is 0 Å². The molecule has 0 aliphatic rings. The van der Waals surface area contributed by atoms with E-state index in [1.165, 1.54) is 10.5 Å². The summed E-state index contributed by atoms with van der Waals surface area (Å²) in [5.41, 5.74) is 1.42. The standard InChI is InChI=1S/C11H18S/c1-5-8-10(7-3)11(12-4)9-6-2/h5-6,8-9H,7H2,1-4H3/b8-5-,9-6-,11-10+. The van der Waals surface area contributed by atoms with Crippen molar-refractivity contribution in [2.45, 2.75) is 27.2 Å². The molecule has 68 valence electrons. The fraction of sp³-hybridized carbons (Fsp3) is 0.455. The van der Waals surface area contributed by atoms with Gasteiger partial charge in [-0.25, -0.2) is 0 Å². The van der Waals surface area contributed by atoms with E-state index in [0.29, 0.717) is 0 Å². The number of hydrogen-bond acceptors (Lipinski definition) is 1. The number of hydrogen-bond donors (Lipinski definition) is 0. The Bertz CT molecular complexity index is 175. The topological polar surface area (TPSA) is 0 Å². The van der Waals surface area contributed by atoms with Crippen molar-refractivity contribution >= 4 is 11.8 Å². The van der Waals surface area contributed by atoms with E-state index in [1.54, 1.807) is 0 Å². The predicted molar refractivity (Wildman–Crippen MR) is 60.5 cm³/mol. The lowest BCUT2D eigenvalue weighted by molar-refractivity contribution is 1.14. The van der Waals surface area contributed by atoms with Crippen LogP contribution in [0.4, 0.5) is 0 Å². The summed E-state index contributed by atoms with van der Waals surface area (Å²) in [6.07, 6.45) is 11.8. The van der Waals surface area contributed by atoms with Gasteiger partial charge in [-0.2, -0.15) is 0 Å². The Hall–Kier alpha value is -0.430. The molecular weight excluding hydrogens is 164 g/mol. The summed E-state index contributed by atoms with van der Waals surface area (Å²) < 4.78 is 0. The molecule has 0 N–H and O–H groups in total. The van der Waals surface area contributed by atoms with Crippen molar-refractivity contribution in [2.24, 2.45) is 0 Å². The minimum Gasteiger partial charge on any atom is -0.129 e. The van der Waals surface area contributed by atoms with Crippen LogP contribution in [0.15, 0.2) is 34.8 Å². The van der Waals surface area contributed by atoms with Gasteiger partial charge in [-0.05, 0) is 32.1 Å². The largest absolute Gasteiger partial charge is 0.129 e. The first-order valence-electron chi connectivity index (χ1n) is 4.32. The molecule has 0 heterocycles. The van der Waals surface area contributed by atoms with Crippen molar-refractivity contribution in [3.8, 4) is 0 Å². The van der Waals surface area contributed by atoms with Crippen LogP contribution < -0.4 is 0 Å². The maximum atomic E-state index is 2.19. The summed E-state index contributed by atoms with van der Waals surface area (Å²) in [7, 11) is 0. The molecule has 0 saturated heterocycles. The van der Waals surface area contributed by atoms with Gasteiger partial charge in [-0.3, -0.25) is 0 Å². The van der Waals surface area contributed by atoms with E-state index in [4.69, 9.17) is 0 Å². The van der Waals surface area contributed by atoms with Gasteiger partial charge in [0.05, 0.1) is 0 Å². The molecule has 0 bridgehead atoms. The molecule has 0 aromatic heterocycles. The summed E-state index contributed by atoms with van der Waals surface area (Å²) >= 11 is 1.81. The van der Waals surface area contributed by atoms with Crippen molar-refractivity contribution in [1.29, 1.82) is 0 Å². The Kier molecular flexibility index (Phi) is 6.97. The van der Waals surface area contributed by atoms with E-state index in [2.05, 4.69) is 51.3 Å². The monoisotopic (exact) mass is 182 g/mol. The molecule has 0 aromatic carbocycles. The summed E-state index contributed by atoms with van der Waals surface area (Å²) in [6.45, 7) is 6.30. The Morgan fingerprint density at radius 2 is 1.75 bits per heavy atom. The zero-order chi connectivity index (χ0) is 9.40. The molecule has 0 aliphatic heterocycles. The van der Waals surface area contributed by atoms with Gasteiger partial charge in [0.25, 0.3) is 0 Å². The fourth-order valence-corrected chi connectivity index (χ4v) is 1.78. The van der Waals surface area contributed by atoms with E-state index in [0.717, 1.165) is 6.42 Å². The molecule has 0 unspecified atom stereocenters. The SMILES string of the molecule is C\C=C/C(CC)=C(\C=C/C)SC. The van der Waals surface area contributed by atoms with Crippen LogP contribution in [0.5, 0.6) is 0 Å². The highest BCUT2D eigenvalue weighted by Gasteiger charge is 1.95. The molecule has 0 spiro atoms. The first-order valence-corrected chi connectivity index (χ1v) is 5.55. The molecule has 0 fully saturated rings. The van der Waals surface area contributed by atoms with Crippen molar-refractivity contribution < 1.29 is 0 Å². The van der Waals surface area contributed by atoms with E-state index in [9.17, 15) is 0 Å². The normalized spacial score (nSPS) is 14.3. The summed E-state index contributed by atoms with van der Waals surface area (Å²) in [5, 5.41) is 0. The van der Waals surface area contributed by atoms with Crippen molar-refractivity contribution in [3.05, 3.63) is 34.8 Å². The second-order valence-corrected chi connectivity index (χ2v) is 3.30. The van der Waals surface area contributed by atoms with Crippen molar-refractivity contribution in [2.75, 3.05) is 6.26 Å². The third-order valence-corrected chi connectivity index (χ3v) is 2.44. The molecule has 0 atom stereocenters. The molecule has 0 rings (SSSR count). The summed E-state index contributed by atoms with van der Waals surface area (Å²) in [5.74, 6) is 0. The zero-order valence-corrected chi connectivity index (χ0v) is 9.24. The van der Waals surface area contributed by atoms with Crippen LogP contribution in [0.3, 0.4) is 0 Å². The number of allylic oxidation sites excluding steroid dienone is 5. The van der Waals surface area contributed by atoms with Crippen LogP contribution in [0.25, 0.3) is 0 Å². The van der Waals surface area contributed by atoms with Crippen LogP contribution in [-0.2, 0) is 0 Å². The zero-order valence-electron chi connectivity index (χ0n) is 8.42. The lowest BCUT2D eigenvalue weighted by atomic mass is 10.1. The van der Waals surface area contributed by atoms with Gasteiger partial charge in [0.1, 0.15) is 0 Å². The second-order valence-electron chi connectivity index (χ2n) is 2.45. The minimum absolute atomic E-state index is 1.10. The molecule has 0 aromatic rings. The third kappa shape index (κ3) is 3.82. The van der Waals surface area contributed by atoms with Crippen LogP contribution in [0.2, 0.25) is 0 Å². The molecule has 1 heteroatoms. The molecular formula is C11H18S. The first-order chi connectivity index (χ1) is 5.79. The van der Waals surface area contributed by atoms with Gasteiger partial charge in [-0.1, -0.05) is 31.2 Å². The average molecular weight is 182 g/mol. The van der Waals surface area contributed by atoms with Gasteiger partial charge >= 0.3 is 0 Å². The third-order valence-electron chi connectivity index (χ3n) is 1.60. The van der Waals surface area contributed by atoms with E-state index in [-0.39, 0.29) is 0 Å². The van der Waals surface area contributed by atoms with Gasteiger partial charge in [0.2, 0.25) is 0 Å². The second kappa shape index (κ2) is 7.23. The Morgan fingerprint density at radius 3 is 2.08 bits per heavy atom. The highest BCUT2D eigenvalue weighted by Crippen LogP contribution is 2.21. The van der Waals surface area contributed by atoms with Gasteiger partial charge in [0, 0.05) is 4.91 Å². The van der Waals surface area contributed by atoms with Crippen LogP contribution in [-0.4, -0.2) is 6.26 Å². The number of rotatable bonds is 4. The molecule has 0 saturated carbocycles. The quantitative estimate of drug-likeness (QED) is 0.588. The average Bonchev–Trinajstić information content (AvgIpc) is 2.11. The Morgan fingerprint density at radius 1 is 1.17 bits per heavy atom. The lowest BCUT2D eigenvalue weighted by Gasteiger charge is -2.03. The maximum absolute atomic E-state index is 2.19. The highest BCUT2D eigenvalue weighted by molar-refractivity contribution is 8.02. The summed E-state index contributed by atoms with van der Waals surface area (Å²) in [4.78, 5) is 1.37. The van der Waals surface area contributed by atoms with Crippen LogP contribution >= 0.6 is 11.8 Å². The van der Waals surface area contributed by atoms with Crippen LogP contribution in [0.1, 0.15) is 27.2 Å². The Labute approximate surface area is 80.4 Å². The van der Waals surface area contributed by atoms with Crippen molar-refractivity contribution in [3.63, 3.8) is 0 Å². The molecule has 12 heavy (non-hydrogen) atoms. The van der Waals surface area contributed by atoms with E-state index < -0.39 is 0 Å². The molecule has 0 aliphatic carbocycles.